The molecule has 1 aliphatic heterocycles. The fourth-order valence-corrected chi connectivity index (χ4v) is 5.13. The Balaban J connectivity index is 1.80. The number of nitrogens with zero attached hydrogens (tertiary/aromatic N) is 4. The minimum Gasteiger partial charge on any atom is -0.493 e. The van der Waals surface area contributed by atoms with Crippen LogP contribution in [0.3, 0.4) is 0 Å². The smallest absolute Gasteiger partial charge is 0.230 e. The van der Waals surface area contributed by atoms with Gasteiger partial charge in [0, 0.05) is 0 Å². The second kappa shape index (κ2) is 8.20. The first-order valence-corrected chi connectivity index (χ1v) is 10.9. The van der Waals surface area contributed by atoms with Gasteiger partial charge in [0.1, 0.15) is 5.82 Å². The molecule has 1 saturated heterocycles. The van der Waals surface area contributed by atoms with Crippen molar-refractivity contribution in [3.63, 3.8) is 0 Å². The molecule has 1 aromatic carbocycles. The second-order valence-corrected chi connectivity index (χ2v) is 8.62. The highest BCUT2D eigenvalue weighted by atomic mass is 32.1. The van der Waals surface area contributed by atoms with Crippen LogP contribution in [0.1, 0.15) is 49.0 Å². The maximum Gasteiger partial charge on any atom is 0.230 e. The van der Waals surface area contributed by atoms with E-state index in [0.29, 0.717) is 23.1 Å². The summed E-state index contributed by atoms with van der Waals surface area (Å²) in [7, 11) is 1.66. The Morgan fingerprint density at radius 1 is 1.28 bits per heavy atom. The number of likely N-dealkylation sites (tertiary alicyclic amines) is 1. The molecule has 1 aliphatic rings. The average Bonchev–Trinajstić information content (AvgIpc) is 3.22. The Morgan fingerprint density at radius 2 is 2.03 bits per heavy atom. The molecule has 0 unspecified atom stereocenters. The number of aryl methyl sites for hydroxylation is 1. The Hall–Kier alpha value is -2.32. The molecule has 3 heterocycles. The quantitative estimate of drug-likeness (QED) is 0.654. The highest BCUT2D eigenvalue weighted by molar-refractivity contribution is 7.17. The van der Waals surface area contributed by atoms with Crippen molar-refractivity contribution in [2.24, 2.45) is 5.92 Å². The van der Waals surface area contributed by atoms with Crippen LogP contribution in [0.5, 0.6) is 17.4 Å². The minimum atomic E-state index is -0.0825. The van der Waals surface area contributed by atoms with E-state index in [2.05, 4.69) is 28.0 Å². The van der Waals surface area contributed by atoms with Crippen LogP contribution in [0.4, 0.5) is 0 Å². The number of methoxy groups -OCH3 is 1. The number of aromatic nitrogens is 3. The van der Waals surface area contributed by atoms with Gasteiger partial charge in [-0.3, -0.25) is 4.90 Å². The molecule has 156 valence electrons. The van der Waals surface area contributed by atoms with Gasteiger partial charge in [-0.15, -0.1) is 5.10 Å². The highest BCUT2D eigenvalue weighted by Crippen LogP contribution is 2.43. The van der Waals surface area contributed by atoms with Gasteiger partial charge in [-0.1, -0.05) is 24.3 Å². The van der Waals surface area contributed by atoms with Crippen LogP contribution in [-0.4, -0.2) is 51.4 Å². The third kappa shape index (κ3) is 3.79. The van der Waals surface area contributed by atoms with Crippen molar-refractivity contribution in [2.45, 2.75) is 39.7 Å². The highest BCUT2D eigenvalue weighted by Gasteiger charge is 2.32. The van der Waals surface area contributed by atoms with Gasteiger partial charge in [0.05, 0.1) is 24.6 Å². The van der Waals surface area contributed by atoms with Crippen molar-refractivity contribution in [1.29, 1.82) is 0 Å². The third-order valence-corrected chi connectivity index (χ3v) is 6.61. The van der Waals surface area contributed by atoms with Gasteiger partial charge >= 0.3 is 0 Å². The lowest BCUT2D eigenvalue weighted by Crippen LogP contribution is -2.36. The molecule has 1 N–H and O–H groups in total. The topological polar surface area (TPSA) is 72.1 Å². The van der Waals surface area contributed by atoms with Crippen molar-refractivity contribution < 1.29 is 14.6 Å². The van der Waals surface area contributed by atoms with Crippen LogP contribution in [0, 0.1) is 12.8 Å². The van der Waals surface area contributed by atoms with Crippen LogP contribution in [0.25, 0.3) is 4.96 Å². The summed E-state index contributed by atoms with van der Waals surface area (Å²) in [4.78, 5) is 8.46. The number of fused-ring (bicyclic) bond motifs is 1. The molecule has 0 saturated carbocycles. The molecule has 29 heavy (non-hydrogen) atoms. The molecule has 0 bridgehead atoms. The molecule has 1 fully saturated rings. The second-order valence-electron chi connectivity index (χ2n) is 7.61. The summed E-state index contributed by atoms with van der Waals surface area (Å²) in [5, 5.41) is 15.3. The molecule has 1 atom stereocenters. The number of rotatable bonds is 6. The van der Waals surface area contributed by atoms with Crippen molar-refractivity contribution in [3.05, 3.63) is 34.5 Å². The molecule has 0 spiro atoms. The number of hydrogen-bond acceptors (Lipinski definition) is 7. The molecule has 2 aromatic heterocycles. The van der Waals surface area contributed by atoms with Gasteiger partial charge in [-0.05, 0) is 63.4 Å². The van der Waals surface area contributed by atoms with Crippen LogP contribution in [0.15, 0.2) is 18.2 Å². The third-order valence-electron chi connectivity index (χ3n) is 5.54. The average molecular weight is 417 g/mol. The number of ether oxygens (including phenoxy) is 2. The zero-order chi connectivity index (χ0) is 20.5. The standard InChI is InChI=1S/C21H28N4O3S/c1-5-28-16-7-6-15(12-17(16)27-4)18(24-10-8-13(2)9-11-24)19-20(26)25-21(29-19)22-14(3)23-25/h6-7,12-13,18,26H,5,8-11H2,1-4H3/t18-/m0/s1. The Kier molecular flexibility index (Phi) is 5.65. The maximum absolute atomic E-state index is 11.0. The normalized spacial score (nSPS) is 17.0. The molecular formula is C21H28N4O3S. The first kappa shape index (κ1) is 20.0. The Labute approximate surface area is 174 Å². The fourth-order valence-electron chi connectivity index (χ4n) is 3.97. The summed E-state index contributed by atoms with van der Waals surface area (Å²) in [5.41, 5.74) is 1.07. The van der Waals surface area contributed by atoms with E-state index in [1.54, 1.807) is 11.6 Å². The Bertz CT molecular complexity index is 991. The zero-order valence-electron chi connectivity index (χ0n) is 17.4. The van der Waals surface area contributed by atoms with E-state index in [4.69, 9.17) is 9.47 Å². The van der Waals surface area contributed by atoms with Crippen molar-refractivity contribution in [3.8, 4) is 17.4 Å². The molecule has 8 heteroatoms. The van der Waals surface area contributed by atoms with Gasteiger partial charge in [0.25, 0.3) is 0 Å². The number of hydrogen-bond donors (Lipinski definition) is 1. The van der Waals surface area contributed by atoms with Crippen molar-refractivity contribution in [2.75, 3.05) is 26.8 Å². The van der Waals surface area contributed by atoms with Gasteiger partial charge < -0.3 is 14.6 Å². The molecule has 0 radical (unpaired) electrons. The lowest BCUT2D eigenvalue weighted by atomic mass is 9.95. The van der Waals surface area contributed by atoms with E-state index in [0.717, 1.165) is 48.0 Å². The minimum absolute atomic E-state index is 0.0825. The summed E-state index contributed by atoms with van der Waals surface area (Å²) in [6.45, 7) is 8.63. The summed E-state index contributed by atoms with van der Waals surface area (Å²) < 4.78 is 12.8. The maximum atomic E-state index is 11.0. The molecular weight excluding hydrogens is 388 g/mol. The van der Waals surface area contributed by atoms with Crippen LogP contribution in [-0.2, 0) is 0 Å². The fraction of sp³-hybridized carbons (Fsp3) is 0.524. The summed E-state index contributed by atoms with van der Waals surface area (Å²) in [5.74, 6) is 2.98. The summed E-state index contributed by atoms with van der Waals surface area (Å²) in [6, 6.07) is 5.96. The van der Waals surface area contributed by atoms with Crippen molar-refractivity contribution in [1.82, 2.24) is 19.5 Å². The molecule has 3 aromatic rings. The summed E-state index contributed by atoms with van der Waals surface area (Å²) in [6.07, 6.45) is 2.29. The van der Waals surface area contributed by atoms with Gasteiger partial charge in [0.2, 0.25) is 10.8 Å². The lowest BCUT2D eigenvalue weighted by molar-refractivity contribution is 0.157. The first-order chi connectivity index (χ1) is 14.0. The van der Waals surface area contributed by atoms with Crippen molar-refractivity contribution >= 4 is 16.3 Å². The number of benzene rings is 1. The largest absolute Gasteiger partial charge is 0.493 e. The molecule has 0 amide bonds. The monoisotopic (exact) mass is 416 g/mol. The van der Waals surface area contributed by atoms with Gasteiger partial charge in [0.15, 0.2) is 11.5 Å². The first-order valence-electron chi connectivity index (χ1n) is 10.1. The van der Waals surface area contributed by atoms with E-state index >= 15 is 0 Å². The Morgan fingerprint density at radius 3 is 2.69 bits per heavy atom. The molecule has 4 rings (SSSR count). The van der Waals surface area contributed by atoms with Crippen LogP contribution >= 0.6 is 11.3 Å². The van der Waals surface area contributed by atoms with E-state index in [9.17, 15) is 5.11 Å². The lowest BCUT2D eigenvalue weighted by Gasteiger charge is -2.36. The van der Waals surface area contributed by atoms with Crippen LogP contribution < -0.4 is 9.47 Å². The van der Waals surface area contributed by atoms with E-state index in [-0.39, 0.29) is 11.9 Å². The van der Waals surface area contributed by atoms with E-state index < -0.39 is 0 Å². The summed E-state index contributed by atoms with van der Waals surface area (Å²) >= 11 is 1.50. The zero-order valence-corrected chi connectivity index (χ0v) is 18.2. The number of aromatic hydroxyl groups is 1. The number of thiazole rings is 1. The van der Waals surface area contributed by atoms with E-state index in [1.807, 2.05) is 26.0 Å². The number of piperidine rings is 1. The van der Waals surface area contributed by atoms with E-state index in [1.165, 1.54) is 11.3 Å². The predicted octanol–water partition coefficient (Wildman–Crippen LogP) is 4.03. The van der Waals surface area contributed by atoms with Gasteiger partial charge in [-0.25, -0.2) is 4.98 Å². The molecule has 7 nitrogen and oxygen atoms in total. The molecule has 0 aliphatic carbocycles. The SMILES string of the molecule is CCOc1ccc([C@@H](c2sc3nc(C)nn3c2O)N2CCC(C)CC2)cc1OC. The van der Waals surface area contributed by atoms with Crippen LogP contribution in [0.2, 0.25) is 0 Å². The predicted molar refractivity (Wildman–Crippen MR) is 113 cm³/mol. The van der Waals surface area contributed by atoms with Gasteiger partial charge in [-0.2, -0.15) is 4.52 Å².